The summed E-state index contributed by atoms with van der Waals surface area (Å²) in [5.41, 5.74) is 1.02. The molecule has 0 amide bonds. The first-order chi connectivity index (χ1) is 9.33. The first-order valence-corrected chi connectivity index (χ1v) is 7.15. The number of ether oxygens (including phenoxy) is 1. The topological polar surface area (TPSA) is 50.5 Å². The molecule has 5 nitrogen and oxygen atoms in total. The van der Waals surface area contributed by atoms with Gasteiger partial charge in [-0.2, -0.15) is 0 Å². The number of hydrogen-bond donors (Lipinski definition) is 1. The van der Waals surface area contributed by atoms with Gasteiger partial charge in [0.15, 0.2) is 5.76 Å². The van der Waals surface area contributed by atoms with Crippen LogP contribution in [0.5, 0.6) is 0 Å². The average molecular weight is 267 g/mol. The quantitative estimate of drug-likeness (QED) is 0.816. The number of hydrogen-bond acceptors (Lipinski definition) is 5. The van der Waals surface area contributed by atoms with Gasteiger partial charge < -0.3 is 14.6 Å². The van der Waals surface area contributed by atoms with Gasteiger partial charge in [0.25, 0.3) is 0 Å². The molecule has 1 fully saturated rings. The van der Waals surface area contributed by atoms with Crippen LogP contribution in [0.2, 0.25) is 0 Å². The third-order valence-electron chi connectivity index (χ3n) is 3.74. The fraction of sp³-hybridized carbons (Fsp3) is 0.786. The first-order valence-electron chi connectivity index (χ1n) is 7.15. The first kappa shape index (κ1) is 14.5. The van der Waals surface area contributed by atoms with Gasteiger partial charge in [-0.25, -0.2) is 0 Å². The van der Waals surface area contributed by atoms with Gasteiger partial charge in [-0.3, -0.25) is 4.90 Å². The summed E-state index contributed by atoms with van der Waals surface area (Å²) in [6.07, 6.45) is 5.14. The second-order valence-corrected chi connectivity index (χ2v) is 5.23. The minimum Gasteiger partial charge on any atom is -0.377 e. The summed E-state index contributed by atoms with van der Waals surface area (Å²) < 4.78 is 10.3. The van der Waals surface area contributed by atoms with Gasteiger partial charge in [-0.15, -0.1) is 0 Å². The summed E-state index contributed by atoms with van der Waals surface area (Å²) in [5.74, 6) is 0.807. The zero-order valence-electron chi connectivity index (χ0n) is 12.0. The second kappa shape index (κ2) is 7.62. The molecule has 108 valence electrons. The number of nitrogens with one attached hydrogen (secondary N) is 1. The van der Waals surface area contributed by atoms with Crippen LogP contribution in [0.4, 0.5) is 0 Å². The number of rotatable bonds is 7. The molecule has 0 saturated carbocycles. The standard InChI is InChI=1S/C14H25N3O2/c1-15-7-6-13-5-3-4-8-17(13)10-12-9-14(11-18-2)19-16-12/h9,13,15H,3-8,10-11H2,1-2H3. The number of aromatic nitrogens is 1. The summed E-state index contributed by atoms with van der Waals surface area (Å²) in [4.78, 5) is 2.54. The third kappa shape index (κ3) is 4.30. The lowest BCUT2D eigenvalue weighted by Gasteiger charge is -2.35. The molecular formula is C14H25N3O2. The molecule has 1 aliphatic heterocycles. The van der Waals surface area contributed by atoms with Gasteiger partial charge in [-0.1, -0.05) is 11.6 Å². The van der Waals surface area contributed by atoms with E-state index in [4.69, 9.17) is 9.26 Å². The van der Waals surface area contributed by atoms with Gasteiger partial charge in [-0.05, 0) is 39.4 Å². The van der Waals surface area contributed by atoms with Crippen molar-refractivity contribution in [1.29, 1.82) is 0 Å². The smallest absolute Gasteiger partial charge is 0.162 e. The molecule has 0 aromatic carbocycles. The van der Waals surface area contributed by atoms with E-state index in [0.717, 1.165) is 24.5 Å². The molecule has 0 spiro atoms. The van der Waals surface area contributed by atoms with Crippen LogP contribution in [0.1, 0.15) is 37.1 Å². The molecule has 0 radical (unpaired) electrons. The molecule has 19 heavy (non-hydrogen) atoms. The van der Waals surface area contributed by atoms with Crippen LogP contribution in [0.25, 0.3) is 0 Å². The Kier molecular flexibility index (Phi) is 5.82. The highest BCUT2D eigenvalue weighted by Gasteiger charge is 2.22. The lowest BCUT2D eigenvalue weighted by atomic mass is 9.99. The van der Waals surface area contributed by atoms with E-state index in [1.807, 2.05) is 13.1 Å². The molecule has 1 aromatic heterocycles. The Hall–Kier alpha value is -0.910. The van der Waals surface area contributed by atoms with Crippen molar-refractivity contribution in [1.82, 2.24) is 15.4 Å². The van der Waals surface area contributed by atoms with E-state index in [0.29, 0.717) is 12.6 Å². The van der Waals surface area contributed by atoms with Crippen LogP contribution < -0.4 is 5.32 Å². The van der Waals surface area contributed by atoms with Crippen molar-refractivity contribution < 1.29 is 9.26 Å². The largest absolute Gasteiger partial charge is 0.377 e. The summed E-state index contributed by atoms with van der Waals surface area (Å²) in [7, 11) is 3.68. The van der Waals surface area contributed by atoms with Crippen LogP contribution >= 0.6 is 0 Å². The Bertz CT molecular complexity index is 367. The molecule has 1 atom stereocenters. The highest BCUT2D eigenvalue weighted by Crippen LogP contribution is 2.21. The summed E-state index contributed by atoms with van der Waals surface area (Å²) in [6, 6.07) is 2.68. The zero-order chi connectivity index (χ0) is 13.5. The van der Waals surface area contributed by atoms with Crippen molar-refractivity contribution in [3.63, 3.8) is 0 Å². The minimum absolute atomic E-state index is 0.496. The number of methoxy groups -OCH3 is 1. The van der Waals surface area contributed by atoms with Crippen LogP contribution in [-0.4, -0.2) is 43.3 Å². The third-order valence-corrected chi connectivity index (χ3v) is 3.74. The van der Waals surface area contributed by atoms with Crippen molar-refractivity contribution in [3.8, 4) is 0 Å². The second-order valence-electron chi connectivity index (χ2n) is 5.23. The van der Waals surface area contributed by atoms with E-state index >= 15 is 0 Å². The predicted molar refractivity (Wildman–Crippen MR) is 73.8 cm³/mol. The Morgan fingerprint density at radius 3 is 3.21 bits per heavy atom. The van der Waals surface area contributed by atoms with Crippen LogP contribution in [-0.2, 0) is 17.9 Å². The monoisotopic (exact) mass is 267 g/mol. The summed E-state index contributed by atoms with van der Waals surface area (Å²) in [5, 5.41) is 7.37. The maximum Gasteiger partial charge on any atom is 0.162 e. The number of nitrogens with zero attached hydrogens (tertiary/aromatic N) is 2. The highest BCUT2D eigenvalue weighted by atomic mass is 16.5. The molecule has 0 aliphatic carbocycles. The fourth-order valence-corrected chi connectivity index (χ4v) is 2.75. The van der Waals surface area contributed by atoms with Gasteiger partial charge in [0.05, 0.1) is 5.69 Å². The summed E-state index contributed by atoms with van der Waals surface area (Å²) >= 11 is 0. The maximum atomic E-state index is 5.25. The van der Waals surface area contributed by atoms with E-state index in [2.05, 4.69) is 15.4 Å². The van der Waals surface area contributed by atoms with Crippen molar-refractivity contribution in [2.24, 2.45) is 0 Å². The van der Waals surface area contributed by atoms with Crippen LogP contribution in [0.3, 0.4) is 0 Å². The maximum absolute atomic E-state index is 5.25. The van der Waals surface area contributed by atoms with E-state index in [-0.39, 0.29) is 0 Å². The zero-order valence-corrected chi connectivity index (χ0v) is 12.0. The van der Waals surface area contributed by atoms with Crippen LogP contribution in [0.15, 0.2) is 10.6 Å². The van der Waals surface area contributed by atoms with Crippen molar-refractivity contribution in [2.45, 2.75) is 44.9 Å². The SMILES string of the molecule is CNCCC1CCCCN1Cc1cc(COC)on1. The molecule has 2 heterocycles. The van der Waals surface area contributed by atoms with E-state index in [9.17, 15) is 0 Å². The van der Waals surface area contributed by atoms with E-state index in [1.54, 1.807) is 7.11 Å². The Balaban J connectivity index is 1.90. The molecule has 1 aliphatic rings. The van der Waals surface area contributed by atoms with Gasteiger partial charge in [0.2, 0.25) is 0 Å². The Morgan fingerprint density at radius 1 is 1.53 bits per heavy atom. The molecule has 2 rings (SSSR count). The number of piperidine rings is 1. The van der Waals surface area contributed by atoms with Crippen molar-refractivity contribution in [2.75, 3.05) is 27.2 Å². The molecule has 1 unspecified atom stereocenters. The minimum atomic E-state index is 0.496. The van der Waals surface area contributed by atoms with Crippen LogP contribution in [0, 0.1) is 0 Å². The lowest BCUT2D eigenvalue weighted by molar-refractivity contribution is 0.128. The van der Waals surface area contributed by atoms with Crippen molar-refractivity contribution >= 4 is 0 Å². The number of likely N-dealkylation sites (tertiary alicyclic amines) is 1. The normalized spacial score (nSPS) is 20.8. The predicted octanol–water partition coefficient (Wildman–Crippen LogP) is 1.78. The van der Waals surface area contributed by atoms with Gasteiger partial charge in [0, 0.05) is 25.8 Å². The van der Waals surface area contributed by atoms with Gasteiger partial charge in [0.1, 0.15) is 6.61 Å². The molecule has 5 heteroatoms. The Labute approximate surface area is 115 Å². The molecule has 1 N–H and O–H groups in total. The molecule has 0 bridgehead atoms. The summed E-state index contributed by atoms with van der Waals surface area (Å²) in [6.45, 7) is 3.63. The molecule has 1 saturated heterocycles. The Morgan fingerprint density at radius 2 is 2.42 bits per heavy atom. The fourth-order valence-electron chi connectivity index (χ4n) is 2.75. The highest BCUT2D eigenvalue weighted by molar-refractivity contribution is 5.05. The lowest BCUT2D eigenvalue weighted by Crippen LogP contribution is -2.40. The van der Waals surface area contributed by atoms with Crippen molar-refractivity contribution in [3.05, 3.63) is 17.5 Å². The van der Waals surface area contributed by atoms with E-state index < -0.39 is 0 Å². The average Bonchev–Trinajstić information content (AvgIpc) is 2.86. The van der Waals surface area contributed by atoms with Gasteiger partial charge >= 0.3 is 0 Å². The molecule has 1 aromatic rings. The molecular weight excluding hydrogens is 242 g/mol. The van der Waals surface area contributed by atoms with E-state index in [1.165, 1.54) is 32.2 Å².